The topological polar surface area (TPSA) is 42.0 Å². The van der Waals surface area contributed by atoms with Crippen molar-refractivity contribution in [3.05, 3.63) is 0 Å². The van der Waals surface area contributed by atoms with Crippen molar-refractivity contribution in [1.29, 1.82) is 0 Å². The lowest BCUT2D eigenvalue weighted by Gasteiger charge is -2.36. The molecule has 4 aliphatic rings. The number of amides is 1. The van der Waals surface area contributed by atoms with Gasteiger partial charge in [-0.3, -0.25) is 4.79 Å². The van der Waals surface area contributed by atoms with Crippen LogP contribution in [0.15, 0.2) is 0 Å². The van der Waals surface area contributed by atoms with Crippen LogP contribution in [0, 0.1) is 11.8 Å². The van der Waals surface area contributed by atoms with Crippen LogP contribution in [0.25, 0.3) is 0 Å². The van der Waals surface area contributed by atoms with Crippen LogP contribution in [-0.2, 0) is 14.3 Å². The summed E-state index contributed by atoms with van der Waals surface area (Å²) in [4.78, 5) is 16.9. The fraction of sp³-hybridized carbons (Fsp3) is 0.947. The molecule has 136 valence electrons. The van der Waals surface area contributed by atoms with Crippen molar-refractivity contribution in [2.45, 2.75) is 63.2 Å². The molecule has 3 atom stereocenters. The van der Waals surface area contributed by atoms with Crippen LogP contribution < -0.4 is 0 Å². The van der Waals surface area contributed by atoms with Crippen LogP contribution in [0.5, 0.6) is 0 Å². The van der Waals surface area contributed by atoms with Crippen LogP contribution in [0.3, 0.4) is 0 Å². The molecule has 4 fully saturated rings. The minimum absolute atomic E-state index is 0.230. The molecular formula is C19H32N2O3. The van der Waals surface area contributed by atoms with Crippen molar-refractivity contribution in [2.24, 2.45) is 11.8 Å². The highest BCUT2D eigenvalue weighted by molar-refractivity contribution is 5.81. The summed E-state index contributed by atoms with van der Waals surface area (Å²) in [6.45, 7) is 4.90. The van der Waals surface area contributed by atoms with Crippen molar-refractivity contribution in [1.82, 2.24) is 9.80 Å². The lowest BCUT2D eigenvalue weighted by molar-refractivity contribution is -0.140. The molecule has 1 saturated carbocycles. The number of likely N-dealkylation sites (tertiary alicyclic amines) is 2. The highest BCUT2D eigenvalue weighted by Crippen LogP contribution is 2.37. The highest BCUT2D eigenvalue weighted by Gasteiger charge is 2.45. The number of nitrogens with zero attached hydrogens (tertiary/aromatic N) is 2. The van der Waals surface area contributed by atoms with Crippen LogP contribution in [0.1, 0.15) is 44.9 Å². The maximum absolute atomic E-state index is 12.4. The van der Waals surface area contributed by atoms with Gasteiger partial charge in [0.25, 0.3) is 0 Å². The molecule has 3 aliphatic heterocycles. The Bertz CT molecular complexity index is 446. The Morgan fingerprint density at radius 1 is 1.00 bits per heavy atom. The Labute approximate surface area is 145 Å². The number of hydrogen-bond donors (Lipinski definition) is 0. The summed E-state index contributed by atoms with van der Waals surface area (Å²) >= 11 is 0. The Hall–Kier alpha value is -0.650. The predicted molar refractivity (Wildman–Crippen MR) is 91.8 cm³/mol. The van der Waals surface area contributed by atoms with Crippen molar-refractivity contribution >= 4 is 5.91 Å². The monoisotopic (exact) mass is 336 g/mol. The summed E-state index contributed by atoms with van der Waals surface area (Å²) in [6.07, 6.45) is 8.31. The standard InChI is InChI=1S/C19H32N2O3/c1-20-9-6-14(7-10-20)12-23-13-16-4-5-17-18(24-16)8-11-21(17)19(22)15-2-3-15/h14-18H,2-13H2,1H3/t16-,17-,18-/m0/s1. The average Bonchev–Trinajstić information content (AvgIpc) is 3.36. The largest absolute Gasteiger partial charge is 0.378 e. The van der Waals surface area contributed by atoms with Gasteiger partial charge < -0.3 is 19.3 Å². The molecule has 4 rings (SSSR count). The Balaban J connectivity index is 1.18. The van der Waals surface area contributed by atoms with Gasteiger partial charge in [0.2, 0.25) is 5.91 Å². The van der Waals surface area contributed by atoms with Crippen molar-refractivity contribution in [3.8, 4) is 0 Å². The van der Waals surface area contributed by atoms with Crippen molar-refractivity contribution < 1.29 is 14.3 Å². The first-order chi connectivity index (χ1) is 11.7. The van der Waals surface area contributed by atoms with Gasteiger partial charge in [0, 0.05) is 19.1 Å². The smallest absolute Gasteiger partial charge is 0.226 e. The normalized spacial score (nSPS) is 35.2. The summed E-state index contributed by atoms with van der Waals surface area (Å²) < 4.78 is 12.3. The number of ether oxygens (including phenoxy) is 2. The van der Waals surface area contributed by atoms with Crippen LogP contribution in [0.4, 0.5) is 0 Å². The molecule has 1 amide bonds. The first-order valence-electron chi connectivity index (χ1n) is 9.93. The van der Waals surface area contributed by atoms with E-state index in [9.17, 15) is 4.79 Å². The average molecular weight is 336 g/mol. The van der Waals surface area contributed by atoms with E-state index in [-0.39, 0.29) is 12.2 Å². The maximum Gasteiger partial charge on any atom is 0.226 e. The fourth-order valence-corrected chi connectivity index (χ4v) is 4.55. The molecule has 0 spiro atoms. The zero-order valence-electron chi connectivity index (χ0n) is 15.0. The molecule has 0 aromatic carbocycles. The van der Waals surface area contributed by atoms with Gasteiger partial charge in [0.15, 0.2) is 0 Å². The number of hydrogen-bond acceptors (Lipinski definition) is 4. The van der Waals surface area contributed by atoms with Crippen molar-refractivity contribution in [3.63, 3.8) is 0 Å². The Morgan fingerprint density at radius 3 is 2.54 bits per heavy atom. The van der Waals surface area contributed by atoms with Gasteiger partial charge in [0.1, 0.15) is 0 Å². The number of carbonyl (C=O) groups is 1. The van der Waals surface area contributed by atoms with E-state index in [1.807, 2.05) is 0 Å². The van der Waals surface area contributed by atoms with Gasteiger partial charge >= 0.3 is 0 Å². The van der Waals surface area contributed by atoms with Gasteiger partial charge in [0.05, 0.1) is 24.9 Å². The van der Waals surface area contributed by atoms with Crippen LogP contribution in [-0.4, -0.2) is 73.9 Å². The van der Waals surface area contributed by atoms with Crippen molar-refractivity contribution in [2.75, 3.05) is 39.9 Å². The summed E-state index contributed by atoms with van der Waals surface area (Å²) in [5.41, 5.74) is 0. The molecular weight excluding hydrogens is 304 g/mol. The molecule has 0 bridgehead atoms. The third kappa shape index (κ3) is 3.78. The van der Waals surface area contributed by atoms with E-state index < -0.39 is 0 Å². The zero-order valence-corrected chi connectivity index (χ0v) is 15.0. The van der Waals surface area contributed by atoms with E-state index in [0.717, 1.165) is 57.8 Å². The molecule has 1 aliphatic carbocycles. The number of piperidine rings is 1. The van der Waals surface area contributed by atoms with Crippen LogP contribution >= 0.6 is 0 Å². The maximum atomic E-state index is 12.4. The Morgan fingerprint density at radius 2 is 1.79 bits per heavy atom. The van der Waals surface area contributed by atoms with E-state index in [4.69, 9.17) is 9.47 Å². The zero-order chi connectivity index (χ0) is 16.5. The molecule has 5 heteroatoms. The molecule has 0 aromatic rings. The predicted octanol–water partition coefficient (Wildman–Crippen LogP) is 1.90. The van der Waals surface area contributed by atoms with Gasteiger partial charge in [-0.15, -0.1) is 0 Å². The quantitative estimate of drug-likeness (QED) is 0.769. The van der Waals surface area contributed by atoms with E-state index in [0.29, 0.717) is 17.9 Å². The lowest BCUT2D eigenvalue weighted by Crippen LogP contribution is -2.46. The molecule has 24 heavy (non-hydrogen) atoms. The minimum atomic E-state index is 0.230. The second kappa shape index (κ2) is 7.30. The highest BCUT2D eigenvalue weighted by atomic mass is 16.5. The molecule has 0 radical (unpaired) electrons. The second-order valence-corrected chi connectivity index (χ2v) is 8.32. The van der Waals surface area contributed by atoms with E-state index in [1.54, 1.807) is 0 Å². The molecule has 0 unspecified atom stereocenters. The number of fused-ring (bicyclic) bond motifs is 1. The summed E-state index contributed by atoms with van der Waals surface area (Å²) in [5, 5.41) is 0. The van der Waals surface area contributed by atoms with Crippen LogP contribution in [0.2, 0.25) is 0 Å². The molecule has 3 heterocycles. The first-order valence-corrected chi connectivity index (χ1v) is 9.93. The molecule has 3 saturated heterocycles. The fourth-order valence-electron chi connectivity index (χ4n) is 4.55. The SMILES string of the molecule is CN1CCC(COC[C@@H]2CC[C@H]3[C@H](CCN3C(=O)C3CC3)O2)CC1. The summed E-state index contributed by atoms with van der Waals surface area (Å²) in [5.74, 6) is 1.44. The van der Waals surface area contributed by atoms with E-state index >= 15 is 0 Å². The minimum Gasteiger partial charge on any atom is -0.378 e. The first kappa shape index (κ1) is 16.8. The second-order valence-electron chi connectivity index (χ2n) is 8.32. The van der Waals surface area contributed by atoms with Gasteiger partial charge in [-0.05, 0) is 71.0 Å². The van der Waals surface area contributed by atoms with Gasteiger partial charge in [-0.2, -0.15) is 0 Å². The lowest BCUT2D eigenvalue weighted by atomic mass is 9.98. The third-order valence-corrected chi connectivity index (χ3v) is 6.34. The third-order valence-electron chi connectivity index (χ3n) is 6.34. The summed E-state index contributed by atoms with van der Waals surface area (Å²) in [6, 6.07) is 0.336. The molecule has 5 nitrogen and oxygen atoms in total. The molecule has 0 aromatic heterocycles. The summed E-state index contributed by atoms with van der Waals surface area (Å²) in [7, 11) is 2.20. The van der Waals surface area contributed by atoms with Gasteiger partial charge in [-0.25, -0.2) is 0 Å². The van der Waals surface area contributed by atoms with Gasteiger partial charge in [-0.1, -0.05) is 0 Å². The number of carbonyl (C=O) groups excluding carboxylic acids is 1. The Kier molecular flexibility index (Phi) is 5.11. The number of rotatable bonds is 5. The van der Waals surface area contributed by atoms with E-state index in [2.05, 4.69) is 16.8 Å². The molecule has 0 N–H and O–H groups in total. The van der Waals surface area contributed by atoms with E-state index in [1.165, 1.54) is 25.9 Å².